The number of nitrogens with zero attached hydrogens (tertiary/aromatic N) is 2. The van der Waals surface area contributed by atoms with Gasteiger partial charge in [-0.25, -0.2) is 4.79 Å². The van der Waals surface area contributed by atoms with Crippen molar-refractivity contribution in [3.05, 3.63) is 29.8 Å². The molecule has 0 bridgehead atoms. The van der Waals surface area contributed by atoms with Gasteiger partial charge in [0, 0.05) is 5.92 Å². The Morgan fingerprint density at radius 2 is 1.97 bits per heavy atom. The number of hydrogen-bond donors (Lipinski definition) is 2. The highest BCUT2D eigenvalue weighted by molar-refractivity contribution is 6.08. The molecule has 0 radical (unpaired) electrons. The van der Waals surface area contributed by atoms with E-state index in [4.69, 9.17) is 14.2 Å². The van der Waals surface area contributed by atoms with E-state index in [2.05, 4.69) is 10.7 Å². The lowest BCUT2D eigenvalue weighted by Crippen LogP contribution is -2.51. The lowest BCUT2D eigenvalue weighted by Gasteiger charge is -2.33. The number of amides is 4. The van der Waals surface area contributed by atoms with Gasteiger partial charge in [0.05, 0.1) is 26.9 Å². The number of ether oxygens (including phenoxy) is 3. The van der Waals surface area contributed by atoms with E-state index < -0.39 is 23.4 Å². The van der Waals surface area contributed by atoms with Crippen LogP contribution in [0, 0.1) is 5.92 Å². The minimum absolute atomic E-state index is 0.103. The lowest BCUT2D eigenvalue weighted by molar-refractivity contribution is -0.139. The predicted octanol–water partition coefficient (Wildman–Crippen LogP) is 0.578. The molecular formula is C21H28N4O6. The Balaban J connectivity index is 1.33. The SMILES string of the molecule is COc1cccc(C2(C)NC(=O)N(NC(=O)CN3CCC(C4OCCO4)CC3)C2=O)c1. The van der Waals surface area contributed by atoms with Gasteiger partial charge in [-0.2, -0.15) is 5.01 Å². The topological polar surface area (TPSA) is 109 Å². The normalized spacial score (nSPS) is 25.7. The molecule has 31 heavy (non-hydrogen) atoms. The Bertz CT molecular complexity index is 850. The van der Waals surface area contributed by atoms with Crippen molar-refractivity contribution < 1.29 is 28.6 Å². The van der Waals surface area contributed by atoms with Crippen LogP contribution in [0.25, 0.3) is 0 Å². The smallest absolute Gasteiger partial charge is 0.344 e. The van der Waals surface area contributed by atoms with Gasteiger partial charge in [0.25, 0.3) is 11.8 Å². The summed E-state index contributed by atoms with van der Waals surface area (Å²) in [6.45, 7) is 4.42. The molecule has 0 aromatic heterocycles. The first kappa shape index (κ1) is 21.5. The molecule has 3 heterocycles. The first-order chi connectivity index (χ1) is 14.9. The summed E-state index contributed by atoms with van der Waals surface area (Å²) in [7, 11) is 1.53. The molecule has 3 fully saturated rings. The summed E-state index contributed by atoms with van der Waals surface area (Å²) < 4.78 is 16.4. The second-order valence-electron chi connectivity index (χ2n) is 8.19. The van der Waals surface area contributed by atoms with Gasteiger partial charge in [-0.15, -0.1) is 0 Å². The molecule has 3 aliphatic heterocycles. The molecule has 1 unspecified atom stereocenters. The summed E-state index contributed by atoms with van der Waals surface area (Å²) in [5, 5.41) is 3.43. The van der Waals surface area contributed by atoms with Crippen LogP contribution in [-0.4, -0.2) is 74.0 Å². The van der Waals surface area contributed by atoms with E-state index in [1.807, 2.05) is 4.90 Å². The van der Waals surface area contributed by atoms with Crippen LogP contribution in [0.1, 0.15) is 25.3 Å². The van der Waals surface area contributed by atoms with E-state index in [0.29, 0.717) is 30.4 Å². The number of carbonyl (C=O) groups is 3. The van der Waals surface area contributed by atoms with Crippen LogP contribution in [0.2, 0.25) is 0 Å². The van der Waals surface area contributed by atoms with Gasteiger partial charge in [0.1, 0.15) is 11.3 Å². The van der Waals surface area contributed by atoms with Crippen LogP contribution in [0.15, 0.2) is 24.3 Å². The van der Waals surface area contributed by atoms with Crippen LogP contribution in [0.5, 0.6) is 5.75 Å². The Kier molecular flexibility index (Phi) is 6.12. The van der Waals surface area contributed by atoms with Gasteiger partial charge < -0.3 is 19.5 Å². The van der Waals surface area contributed by atoms with E-state index in [9.17, 15) is 14.4 Å². The first-order valence-corrected chi connectivity index (χ1v) is 10.5. The molecule has 1 aromatic carbocycles. The van der Waals surface area contributed by atoms with Crippen molar-refractivity contribution in [3.8, 4) is 5.75 Å². The Hall–Kier alpha value is -2.69. The number of nitrogens with one attached hydrogen (secondary N) is 2. The van der Waals surface area contributed by atoms with Crippen molar-refractivity contribution in [2.24, 2.45) is 5.92 Å². The minimum atomic E-state index is -1.29. The molecule has 10 nitrogen and oxygen atoms in total. The molecule has 0 saturated carbocycles. The van der Waals surface area contributed by atoms with Crippen molar-refractivity contribution in [1.82, 2.24) is 20.7 Å². The zero-order chi connectivity index (χ0) is 22.0. The molecule has 3 aliphatic rings. The van der Waals surface area contributed by atoms with E-state index in [-0.39, 0.29) is 12.8 Å². The largest absolute Gasteiger partial charge is 0.497 e. The summed E-state index contributed by atoms with van der Waals surface area (Å²) in [5.74, 6) is -0.0602. The van der Waals surface area contributed by atoms with Crippen molar-refractivity contribution in [3.63, 3.8) is 0 Å². The van der Waals surface area contributed by atoms with Gasteiger partial charge in [-0.1, -0.05) is 12.1 Å². The maximum atomic E-state index is 13.0. The highest BCUT2D eigenvalue weighted by Crippen LogP contribution is 2.30. The number of hydrazine groups is 1. The second kappa shape index (κ2) is 8.81. The molecule has 4 amide bonds. The third-order valence-electron chi connectivity index (χ3n) is 6.11. The molecule has 1 atom stereocenters. The summed E-state index contributed by atoms with van der Waals surface area (Å²) in [5.41, 5.74) is 1.73. The maximum absolute atomic E-state index is 13.0. The Morgan fingerprint density at radius 1 is 1.26 bits per heavy atom. The highest BCUT2D eigenvalue weighted by atomic mass is 16.7. The van der Waals surface area contributed by atoms with Crippen LogP contribution in [0.4, 0.5) is 4.79 Å². The third kappa shape index (κ3) is 4.36. The van der Waals surface area contributed by atoms with Crippen LogP contribution >= 0.6 is 0 Å². The van der Waals surface area contributed by atoms with Gasteiger partial charge in [-0.05, 0) is 50.6 Å². The number of hydrogen-bond acceptors (Lipinski definition) is 7. The monoisotopic (exact) mass is 432 g/mol. The summed E-state index contributed by atoms with van der Waals surface area (Å²) in [4.78, 5) is 40.0. The lowest BCUT2D eigenvalue weighted by atomic mass is 9.92. The summed E-state index contributed by atoms with van der Waals surface area (Å²) in [6.07, 6.45) is 1.60. The average molecular weight is 432 g/mol. The summed E-state index contributed by atoms with van der Waals surface area (Å²) in [6, 6.07) is 6.24. The molecule has 1 aromatic rings. The molecular weight excluding hydrogens is 404 g/mol. The van der Waals surface area contributed by atoms with E-state index >= 15 is 0 Å². The van der Waals surface area contributed by atoms with Gasteiger partial charge >= 0.3 is 6.03 Å². The molecule has 3 saturated heterocycles. The number of likely N-dealkylation sites (tertiary alicyclic amines) is 1. The Morgan fingerprint density at radius 3 is 2.65 bits per heavy atom. The zero-order valence-electron chi connectivity index (χ0n) is 17.8. The second-order valence-corrected chi connectivity index (χ2v) is 8.19. The van der Waals surface area contributed by atoms with Gasteiger partial charge in [-0.3, -0.25) is 19.9 Å². The average Bonchev–Trinajstić information content (AvgIpc) is 3.38. The fourth-order valence-corrected chi connectivity index (χ4v) is 4.27. The van der Waals surface area contributed by atoms with E-state index in [0.717, 1.165) is 30.9 Å². The molecule has 2 N–H and O–H groups in total. The van der Waals surface area contributed by atoms with Crippen molar-refractivity contribution in [1.29, 1.82) is 0 Å². The van der Waals surface area contributed by atoms with Gasteiger partial charge in [0.2, 0.25) is 0 Å². The number of methoxy groups -OCH3 is 1. The first-order valence-electron chi connectivity index (χ1n) is 10.5. The number of carbonyl (C=O) groups excluding carboxylic acids is 3. The number of piperidine rings is 1. The number of urea groups is 1. The third-order valence-corrected chi connectivity index (χ3v) is 6.11. The molecule has 0 aliphatic carbocycles. The number of benzene rings is 1. The zero-order valence-corrected chi connectivity index (χ0v) is 17.8. The molecule has 10 heteroatoms. The van der Waals surface area contributed by atoms with Crippen molar-refractivity contribution >= 4 is 17.8 Å². The maximum Gasteiger partial charge on any atom is 0.344 e. The van der Waals surface area contributed by atoms with E-state index in [1.54, 1.807) is 31.2 Å². The number of rotatable bonds is 6. The molecule has 168 valence electrons. The fourth-order valence-electron chi connectivity index (χ4n) is 4.27. The highest BCUT2D eigenvalue weighted by Gasteiger charge is 2.50. The van der Waals surface area contributed by atoms with Crippen LogP contribution in [0.3, 0.4) is 0 Å². The van der Waals surface area contributed by atoms with Gasteiger partial charge in [0.15, 0.2) is 6.29 Å². The molecule has 0 spiro atoms. The minimum Gasteiger partial charge on any atom is -0.497 e. The fraction of sp³-hybridized carbons (Fsp3) is 0.571. The van der Waals surface area contributed by atoms with Crippen molar-refractivity contribution in [2.45, 2.75) is 31.6 Å². The quantitative estimate of drug-likeness (QED) is 0.633. The Labute approximate surface area is 180 Å². The standard InChI is InChI=1S/C21H28N4O6/c1-21(15-4-3-5-16(12-15)29-2)19(27)25(20(28)22-21)23-17(26)13-24-8-6-14(7-9-24)18-30-10-11-31-18/h3-5,12,14,18H,6-11,13H2,1-2H3,(H,22,28)(H,23,26). The predicted molar refractivity (Wildman–Crippen MR) is 109 cm³/mol. The van der Waals surface area contributed by atoms with Crippen molar-refractivity contribution in [2.75, 3.05) is 40.0 Å². The van der Waals surface area contributed by atoms with E-state index in [1.165, 1.54) is 7.11 Å². The number of imide groups is 1. The van der Waals surface area contributed by atoms with Crippen LogP contribution < -0.4 is 15.5 Å². The van der Waals surface area contributed by atoms with Crippen LogP contribution in [-0.2, 0) is 24.6 Å². The summed E-state index contributed by atoms with van der Waals surface area (Å²) >= 11 is 0. The molecule has 4 rings (SSSR count).